The predicted octanol–water partition coefficient (Wildman–Crippen LogP) is 3.54. The highest BCUT2D eigenvalue weighted by Crippen LogP contribution is 2.33. The molecule has 2 aromatic rings. The third-order valence-corrected chi connectivity index (χ3v) is 4.80. The Morgan fingerprint density at radius 3 is 2.70 bits per heavy atom. The minimum Gasteiger partial charge on any atom is -0.314 e. The lowest BCUT2D eigenvalue weighted by atomic mass is 10.0. The van der Waals surface area contributed by atoms with E-state index in [2.05, 4.69) is 27.7 Å². The number of hydrogen-bond donors (Lipinski definition) is 1. The summed E-state index contributed by atoms with van der Waals surface area (Å²) < 4.78 is 13.4. The van der Waals surface area contributed by atoms with E-state index in [0.717, 1.165) is 31.7 Å². The third kappa shape index (κ3) is 2.88. The molecule has 106 valence electrons. The average molecular weight is 311 g/mol. The Morgan fingerprint density at radius 2 is 2.05 bits per heavy atom. The molecule has 1 fully saturated rings. The number of halogens is 2. The Hall–Kier alpha value is -0.940. The van der Waals surface area contributed by atoms with Gasteiger partial charge in [-0.15, -0.1) is 11.3 Å². The second-order valence-corrected chi connectivity index (χ2v) is 6.26. The van der Waals surface area contributed by atoms with Crippen molar-refractivity contribution in [3.05, 3.63) is 57.0 Å². The first-order valence-corrected chi connectivity index (χ1v) is 7.94. The first-order valence-electron chi connectivity index (χ1n) is 6.69. The van der Waals surface area contributed by atoms with Crippen LogP contribution in [0.5, 0.6) is 0 Å². The van der Waals surface area contributed by atoms with E-state index >= 15 is 0 Å². The van der Waals surface area contributed by atoms with Gasteiger partial charge in [0, 0.05) is 31.1 Å². The van der Waals surface area contributed by atoms with E-state index in [9.17, 15) is 4.39 Å². The SMILES string of the molecule is Fc1ccc([C@@H](c2cccs2)N2CCNCC2)cc1Cl. The van der Waals surface area contributed by atoms with Gasteiger partial charge in [-0.1, -0.05) is 23.7 Å². The number of nitrogens with one attached hydrogen (secondary N) is 1. The highest BCUT2D eigenvalue weighted by molar-refractivity contribution is 7.10. The van der Waals surface area contributed by atoms with Crippen molar-refractivity contribution in [3.8, 4) is 0 Å². The molecule has 2 heterocycles. The van der Waals surface area contributed by atoms with Crippen molar-refractivity contribution >= 4 is 22.9 Å². The minimum absolute atomic E-state index is 0.162. The number of rotatable bonds is 3. The standard InChI is InChI=1S/C15H16ClFN2S/c16-12-10-11(3-4-13(12)17)15(14-2-1-9-20-14)19-7-5-18-6-8-19/h1-4,9-10,15,18H,5-8H2/t15-/m0/s1. The first kappa shape index (κ1) is 14.0. The molecular weight excluding hydrogens is 295 g/mol. The second kappa shape index (κ2) is 6.22. The lowest BCUT2D eigenvalue weighted by molar-refractivity contribution is 0.200. The van der Waals surface area contributed by atoms with Gasteiger partial charge in [-0.2, -0.15) is 0 Å². The lowest BCUT2D eigenvalue weighted by Crippen LogP contribution is -2.45. The zero-order valence-corrected chi connectivity index (χ0v) is 12.6. The number of nitrogens with zero attached hydrogens (tertiary/aromatic N) is 1. The monoisotopic (exact) mass is 310 g/mol. The van der Waals surface area contributed by atoms with E-state index in [1.54, 1.807) is 17.4 Å². The van der Waals surface area contributed by atoms with E-state index in [0.29, 0.717) is 0 Å². The van der Waals surface area contributed by atoms with Crippen LogP contribution in [0.25, 0.3) is 0 Å². The second-order valence-electron chi connectivity index (χ2n) is 4.88. The largest absolute Gasteiger partial charge is 0.314 e. The molecule has 3 rings (SSSR count). The molecule has 1 aliphatic heterocycles. The maximum atomic E-state index is 13.4. The molecule has 0 radical (unpaired) electrons. The predicted molar refractivity (Wildman–Crippen MR) is 82.0 cm³/mol. The molecule has 5 heteroatoms. The summed E-state index contributed by atoms with van der Waals surface area (Å²) >= 11 is 7.69. The molecule has 0 aliphatic carbocycles. The summed E-state index contributed by atoms with van der Waals surface area (Å²) in [5.41, 5.74) is 1.06. The Kier molecular flexibility index (Phi) is 4.36. The first-order chi connectivity index (χ1) is 9.75. The van der Waals surface area contributed by atoms with Gasteiger partial charge in [0.2, 0.25) is 0 Å². The van der Waals surface area contributed by atoms with Gasteiger partial charge in [-0.25, -0.2) is 4.39 Å². The smallest absolute Gasteiger partial charge is 0.141 e. The van der Waals surface area contributed by atoms with Gasteiger partial charge < -0.3 is 5.32 Å². The maximum absolute atomic E-state index is 13.4. The topological polar surface area (TPSA) is 15.3 Å². The van der Waals surface area contributed by atoms with E-state index in [4.69, 9.17) is 11.6 Å². The number of benzene rings is 1. The van der Waals surface area contributed by atoms with Crippen LogP contribution >= 0.6 is 22.9 Å². The highest BCUT2D eigenvalue weighted by atomic mass is 35.5. The van der Waals surface area contributed by atoms with Crippen LogP contribution in [0.4, 0.5) is 4.39 Å². The highest BCUT2D eigenvalue weighted by Gasteiger charge is 2.25. The minimum atomic E-state index is -0.361. The summed E-state index contributed by atoms with van der Waals surface area (Å²) in [6.07, 6.45) is 0. The summed E-state index contributed by atoms with van der Waals surface area (Å²) in [5, 5.41) is 5.64. The van der Waals surface area contributed by atoms with Crippen molar-refractivity contribution in [2.45, 2.75) is 6.04 Å². The van der Waals surface area contributed by atoms with E-state index in [-0.39, 0.29) is 16.9 Å². The van der Waals surface area contributed by atoms with Crippen LogP contribution in [0.3, 0.4) is 0 Å². The molecule has 20 heavy (non-hydrogen) atoms. The van der Waals surface area contributed by atoms with Crippen LogP contribution in [0.2, 0.25) is 5.02 Å². The molecule has 0 saturated carbocycles. The quantitative estimate of drug-likeness (QED) is 0.933. The fourth-order valence-corrected chi connectivity index (χ4v) is 3.70. The number of piperazine rings is 1. The molecule has 0 spiro atoms. The van der Waals surface area contributed by atoms with Crippen molar-refractivity contribution in [2.24, 2.45) is 0 Å². The van der Waals surface area contributed by atoms with E-state index < -0.39 is 0 Å². The van der Waals surface area contributed by atoms with Crippen LogP contribution in [0.15, 0.2) is 35.7 Å². The van der Waals surface area contributed by atoms with Crippen molar-refractivity contribution < 1.29 is 4.39 Å². The van der Waals surface area contributed by atoms with Gasteiger partial charge in [0.25, 0.3) is 0 Å². The van der Waals surface area contributed by atoms with Crippen LogP contribution in [0.1, 0.15) is 16.5 Å². The number of hydrogen-bond acceptors (Lipinski definition) is 3. The van der Waals surface area contributed by atoms with Crippen molar-refractivity contribution in [3.63, 3.8) is 0 Å². The van der Waals surface area contributed by atoms with Crippen molar-refractivity contribution in [1.29, 1.82) is 0 Å². The van der Waals surface area contributed by atoms with E-state index in [1.807, 2.05) is 6.07 Å². The normalized spacial score (nSPS) is 18.1. The molecule has 1 atom stereocenters. The zero-order valence-electron chi connectivity index (χ0n) is 11.0. The number of thiophene rings is 1. The molecule has 0 amide bonds. The fourth-order valence-electron chi connectivity index (χ4n) is 2.62. The van der Waals surface area contributed by atoms with Gasteiger partial charge in [0.05, 0.1) is 11.1 Å². The molecule has 1 aromatic heterocycles. The molecule has 1 aromatic carbocycles. The molecule has 2 nitrogen and oxygen atoms in total. The Bertz CT molecular complexity index is 567. The zero-order chi connectivity index (χ0) is 13.9. The summed E-state index contributed by atoms with van der Waals surface area (Å²) in [4.78, 5) is 3.70. The lowest BCUT2D eigenvalue weighted by Gasteiger charge is -2.34. The maximum Gasteiger partial charge on any atom is 0.141 e. The third-order valence-electron chi connectivity index (χ3n) is 3.59. The molecule has 1 aliphatic rings. The molecule has 0 unspecified atom stereocenters. The summed E-state index contributed by atoms with van der Waals surface area (Å²) in [7, 11) is 0. The Balaban J connectivity index is 1.98. The molecular formula is C15H16ClFN2S. The average Bonchev–Trinajstić information content (AvgIpc) is 2.98. The van der Waals surface area contributed by atoms with Crippen LogP contribution in [0, 0.1) is 5.82 Å². The Labute approximate surface area is 127 Å². The van der Waals surface area contributed by atoms with Gasteiger partial charge in [-0.3, -0.25) is 4.90 Å². The van der Waals surface area contributed by atoms with Crippen LogP contribution < -0.4 is 5.32 Å². The Morgan fingerprint density at radius 1 is 1.25 bits per heavy atom. The van der Waals surface area contributed by atoms with Gasteiger partial charge in [-0.05, 0) is 29.1 Å². The molecule has 1 N–H and O–H groups in total. The van der Waals surface area contributed by atoms with Crippen molar-refractivity contribution in [2.75, 3.05) is 26.2 Å². The summed E-state index contributed by atoms with van der Waals surface area (Å²) in [6, 6.07) is 9.40. The van der Waals surface area contributed by atoms with E-state index in [1.165, 1.54) is 10.9 Å². The summed E-state index contributed by atoms with van der Waals surface area (Å²) in [5.74, 6) is -0.361. The van der Waals surface area contributed by atoms with Crippen LogP contribution in [-0.4, -0.2) is 31.1 Å². The van der Waals surface area contributed by atoms with Gasteiger partial charge in [0.1, 0.15) is 5.82 Å². The van der Waals surface area contributed by atoms with Gasteiger partial charge in [0.15, 0.2) is 0 Å². The molecule has 0 bridgehead atoms. The van der Waals surface area contributed by atoms with Crippen molar-refractivity contribution in [1.82, 2.24) is 10.2 Å². The molecule has 1 saturated heterocycles. The summed E-state index contributed by atoms with van der Waals surface area (Å²) in [6.45, 7) is 3.93. The van der Waals surface area contributed by atoms with Crippen LogP contribution in [-0.2, 0) is 0 Å². The fraction of sp³-hybridized carbons (Fsp3) is 0.333. The van der Waals surface area contributed by atoms with Gasteiger partial charge >= 0.3 is 0 Å².